The van der Waals surface area contributed by atoms with E-state index in [4.69, 9.17) is 0 Å². The number of aromatic nitrogens is 1. The van der Waals surface area contributed by atoms with Crippen LogP contribution in [0.2, 0.25) is 0 Å². The first-order chi connectivity index (χ1) is 10.3. The third-order valence-electron chi connectivity index (χ3n) is 3.11. The van der Waals surface area contributed by atoms with Crippen molar-refractivity contribution in [1.29, 1.82) is 0 Å². The highest BCUT2D eigenvalue weighted by molar-refractivity contribution is 7.07. The first-order valence-corrected chi connectivity index (χ1v) is 7.50. The maximum absolute atomic E-state index is 12.2. The summed E-state index contributed by atoms with van der Waals surface area (Å²) in [6.45, 7) is 2.01. The number of carbonyl (C=O) groups is 1. The molecule has 104 valence electrons. The lowest BCUT2D eigenvalue weighted by Gasteiger charge is -2.05. The Bertz CT molecular complexity index is 817. The number of amides is 1. The van der Waals surface area contributed by atoms with Crippen LogP contribution in [0.3, 0.4) is 0 Å². The van der Waals surface area contributed by atoms with E-state index in [0.717, 1.165) is 11.4 Å². The molecule has 21 heavy (non-hydrogen) atoms. The summed E-state index contributed by atoms with van der Waals surface area (Å²) >= 11 is 1.47. The number of benzene rings is 2. The number of nitrogens with zero attached hydrogens (tertiary/aromatic N) is 2. The molecular weight excluding hydrogens is 280 g/mol. The van der Waals surface area contributed by atoms with Gasteiger partial charge in [-0.15, -0.1) is 11.3 Å². The van der Waals surface area contributed by atoms with E-state index >= 15 is 0 Å². The molecule has 0 atom stereocenters. The fourth-order valence-electron chi connectivity index (χ4n) is 2.09. The van der Waals surface area contributed by atoms with E-state index in [2.05, 4.69) is 4.99 Å². The van der Waals surface area contributed by atoms with Gasteiger partial charge in [-0.05, 0) is 31.2 Å². The molecule has 0 aliphatic heterocycles. The van der Waals surface area contributed by atoms with Crippen molar-refractivity contribution in [3.8, 4) is 5.69 Å². The SMILES string of the molecule is Cc1csc(=NC(=O)c2ccccc2)n1-c1ccccc1. The number of rotatable bonds is 2. The molecule has 2 aromatic carbocycles. The van der Waals surface area contributed by atoms with E-state index in [9.17, 15) is 4.79 Å². The quantitative estimate of drug-likeness (QED) is 0.711. The van der Waals surface area contributed by atoms with Gasteiger partial charge in [-0.25, -0.2) is 0 Å². The van der Waals surface area contributed by atoms with Crippen molar-refractivity contribution in [3.05, 3.63) is 82.1 Å². The van der Waals surface area contributed by atoms with Gasteiger partial charge in [0.2, 0.25) is 0 Å². The maximum Gasteiger partial charge on any atom is 0.279 e. The zero-order chi connectivity index (χ0) is 14.7. The second-order valence-corrected chi connectivity index (χ2v) is 5.45. The molecule has 1 aromatic heterocycles. The molecule has 0 spiro atoms. The summed E-state index contributed by atoms with van der Waals surface area (Å²) in [5.74, 6) is -0.220. The number of hydrogen-bond donors (Lipinski definition) is 0. The van der Waals surface area contributed by atoms with Crippen molar-refractivity contribution in [3.63, 3.8) is 0 Å². The molecule has 0 unspecified atom stereocenters. The summed E-state index contributed by atoms with van der Waals surface area (Å²) < 4.78 is 1.99. The highest BCUT2D eigenvalue weighted by atomic mass is 32.1. The van der Waals surface area contributed by atoms with Gasteiger partial charge in [0.15, 0.2) is 4.80 Å². The van der Waals surface area contributed by atoms with Crippen molar-refractivity contribution >= 4 is 17.2 Å². The number of thiazole rings is 1. The minimum Gasteiger partial charge on any atom is -0.290 e. The predicted octanol–water partition coefficient (Wildman–Crippen LogP) is 3.59. The third-order valence-corrected chi connectivity index (χ3v) is 4.05. The number of carbonyl (C=O) groups excluding carboxylic acids is 1. The average Bonchev–Trinajstić information content (AvgIpc) is 2.89. The molecule has 0 saturated carbocycles. The maximum atomic E-state index is 12.2. The smallest absolute Gasteiger partial charge is 0.279 e. The van der Waals surface area contributed by atoms with E-state index < -0.39 is 0 Å². The van der Waals surface area contributed by atoms with Gasteiger partial charge in [0.1, 0.15) is 0 Å². The Balaban J connectivity index is 2.08. The second-order valence-electron chi connectivity index (χ2n) is 4.61. The van der Waals surface area contributed by atoms with E-state index in [-0.39, 0.29) is 5.91 Å². The van der Waals surface area contributed by atoms with Crippen LogP contribution in [-0.2, 0) is 0 Å². The van der Waals surface area contributed by atoms with Crippen LogP contribution in [0.1, 0.15) is 16.1 Å². The van der Waals surface area contributed by atoms with Crippen LogP contribution in [0.5, 0.6) is 0 Å². The monoisotopic (exact) mass is 294 g/mol. The van der Waals surface area contributed by atoms with Gasteiger partial charge in [-0.1, -0.05) is 36.4 Å². The van der Waals surface area contributed by atoms with Crippen molar-refractivity contribution in [2.45, 2.75) is 6.92 Å². The number of hydrogen-bond acceptors (Lipinski definition) is 2. The Morgan fingerprint density at radius 1 is 1.00 bits per heavy atom. The van der Waals surface area contributed by atoms with E-state index in [1.165, 1.54) is 11.3 Å². The Kier molecular flexibility index (Phi) is 3.79. The topological polar surface area (TPSA) is 34.4 Å². The lowest BCUT2D eigenvalue weighted by molar-refractivity contribution is 0.0998. The van der Waals surface area contributed by atoms with E-state index in [1.54, 1.807) is 12.1 Å². The Labute approximate surface area is 126 Å². The highest BCUT2D eigenvalue weighted by Crippen LogP contribution is 2.10. The molecule has 0 bridgehead atoms. The van der Waals surface area contributed by atoms with Gasteiger partial charge < -0.3 is 0 Å². The fourth-order valence-corrected chi connectivity index (χ4v) is 2.97. The van der Waals surface area contributed by atoms with Crippen LogP contribution in [0, 0.1) is 6.92 Å². The van der Waals surface area contributed by atoms with Crippen LogP contribution in [0.4, 0.5) is 0 Å². The van der Waals surface area contributed by atoms with Gasteiger partial charge in [0.25, 0.3) is 5.91 Å². The number of para-hydroxylation sites is 1. The second kappa shape index (κ2) is 5.89. The van der Waals surface area contributed by atoms with Crippen LogP contribution < -0.4 is 4.80 Å². The fraction of sp³-hybridized carbons (Fsp3) is 0.0588. The van der Waals surface area contributed by atoms with Gasteiger partial charge in [0, 0.05) is 22.3 Å². The summed E-state index contributed by atoms with van der Waals surface area (Å²) in [7, 11) is 0. The Hall–Kier alpha value is -2.46. The molecule has 0 saturated heterocycles. The van der Waals surface area contributed by atoms with Gasteiger partial charge in [0.05, 0.1) is 0 Å². The molecule has 0 N–H and O–H groups in total. The van der Waals surface area contributed by atoms with Crippen molar-refractivity contribution in [2.75, 3.05) is 0 Å². The first kappa shape index (κ1) is 13.5. The number of aryl methyl sites for hydroxylation is 1. The Morgan fingerprint density at radius 3 is 2.29 bits per heavy atom. The first-order valence-electron chi connectivity index (χ1n) is 6.62. The Morgan fingerprint density at radius 2 is 1.62 bits per heavy atom. The van der Waals surface area contributed by atoms with Crippen molar-refractivity contribution in [2.24, 2.45) is 4.99 Å². The van der Waals surface area contributed by atoms with Crippen molar-refractivity contribution < 1.29 is 4.79 Å². The predicted molar refractivity (Wildman–Crippen MR) is 84.7 cm³/mol. The molecule has 0 aliphatic carbocycles. The van der Waals surface area contributed by atoms with Crippen LogP contribution >= 0.6 is 11.3 Å². The zero-order valence-corrected chi connectivity index (χ0v) is 12.4. The normalized spacial score (nSPS) is 11.6. The minimum atomic E-state index is -0.220. The molecular formula is C17H14N2OS. The summed E-state index contributed by atoms with van der Waals surface area (Å²) in [5.41, 5.74) is 2.67. The molecule has 3 rings (SSSR count). The summed E-state index contributed by atoms with van der Waals surface area (Å²) in [5, 5.41) is 2.00. The summed E-state index contributed by atoms with van der Waals surface area (Å²) in [6, 6.07) is 19.1. The largest absolute Gasteiger partial charge is 0.290 e. The molecule has 4 heteroatoms. The highest BCUT2D eigenvalue weighted by Gasteiger charge is 2.07. The molecule has 0 radical (unpaired) electrons. The molecule has 1 amide bonds. The van der Waals surface area contributed by atoms with Gasteiger partial charge in [-0.2, -0.15) is 4.99 Å². The van der Waals surface area contributed by atoms with Crippen LogP contribution in [0.15, 0.2) is 71.0 Å². The summed E-state index contributed by atoms with van der Waals surface area (Å²) in [4.78, 5) is 17.2. The van der Waals surface area contributed by atoms with E-state index in [0.29, 0.717) is 10.4 Å². The minimum absolute atomic E-state index is 0.220. The molecule has 3 nitrogen and oxygen atoms in total. The van der Waals surface area contributed by atoms with Crippen molar-refractivity contribution in [1.82, 2.24) is 4.57 Å². The van der Waals surface area contributed by atoms with E-state index in [1.807, 2.05) is 65.4 Å². The molecule has 1 heterocycles. The van der Waals surface area contributed by atoms with Gasteiger partial charge in [-0.3, -0.25) is 9.36 Å². The molecule has 0 aliphatic rings. The third kappa shape index (κ3) is 2.85. The molecule has 3 aromatic rings. The van der Waals surface area contributed by atoms with Gasteiger partial charge >= 0.3 is 0 Å². The molecule has 0 fully saturated rings. The average molecular weight is 294 g/mol. The van der Waals surface area contributed by atoms with Crippen LogP contribution in [-0.4, -0.2) is 10.5 Å². The lowest BCUT2D eigenvalue weighted by Crippen LogP contribution is -2.16. The van der Waals surface area contributed by atoms with Crippen LogP contribution in [0.25, 0.3) is 5.69 Å². The standard InChI is InChI=1S/C17H14N2OS/c1-13-12-21-17(19(13)15-10-6-3-7-11-15)18-16(20)14-8-4-2-5-9-14/h2-12H,1H3. The lowest BCUT2D eigenvalue weighted by atomic mass is 10.2. The summed E-state index contributed by atoms with van der Waals surface area (Å²) in [6.07, 6.45) is 0. The zero-order valence-electron chi connectivity index (χ0n) is 11.6.